The molecule has 0 unspecified atom stereocenters. The van der Waals surface area contributed by atoms with E-state index >= 15 is 0 Å². The molecule has 0 saturated carbocycles. The van der Waals surface area contributed by atoms with Crippen LogP contribution in [0.5, 0.6) is 0 Å². The number of fused-ring (bicyclic) bond motifs is 2. The Balaban J connectivity index is 1.33. The summed E-state index contributed by atoms with van der Waals surface area (Å²) in [5, 5.41) is 13.0. The van der Waals surface area contributed by atoms with Crippen molar-refractivity contribution in [1.82, 2.24) is 10.4 Å². The predicted molar refractivity (Wildman–Crippen MR) is 103 cm³/mol. The molecule has 0 amide bonds. The van der Waals surface area contributed by atoms with Gasteiger partial charge in [-0.1, -0.05) is 53.6 Å². The van der Waals surface area contributed by atoms with Crippen LogP contribution in [-0.2, 0) is 45.0 Å². The van der Waals surface area contributed by atoms with E-state index < -0.39 is 30.9 Å². The fraction of sp³-hybridized carbons (Fsp3) is 0.286. The average Bonchev–Trinajstić information content (AvgIpc) is 2.73. The van der Waals surface area contributed by atoms with Gasteiger partial charge in [0.25, 0.3) is 0 Å². The molecule has 2 aliphatic rings. The molecule has 31 heavy (non-hydrogen) atoms. The number of nitrogens with zero attached hydrogens (tertiary/aromatic N) is 1. The molecule has 0 bridgehead atoms. The Hall–Kier alpha value is -3.63. The summed E-state index contributed by atoms with van der Waals surface area (Å²) < 4.78 is 14.9. The largest absolute Gasteiger partial charge is 0.525 e. The van der Waals surface area contributed by atoms with E-state index in [-0.39, 0.29) is 13.0 Å². The van der Waals surface area contributed by atoms with Crippen molar-refractivity contribution in [1.29, 1.82) is 0 Å². The molecule has 10 nitrogen and oxygen atoms in total. The van der Waals surface area contributed by atoms with E-state index in [9.17, 15) is 14.4 Å². The first-order valence-corrected chi connectivity index (χ1v) is 9.61. The summed E-state index contributed by atoms with van der Waals surface area (Å²) in [6, 6.07) is 15.0. The lowest BCUT2D eigenvalue weighted by Crippen LogP contribution is -2.44. The Morgan fingerprint density at radius 2 is 1.48 bits per heavy atom. The van der Waals surface area contributed by atoms with Crippen molar-refractivity contribution in [2.24, 2.45) is 0 Å². The minimum absolute atomic E-state index is 0.0796. The highest BCUT2D eigenvalue weighted by atomic mass is 16.8. The molecular weight excluding hydrogens is 408 g/mol. The smallest absolute Gasteiger partial charge is 0.448 e. The van der Waals surface area contributed by atoms with Gasteiger partial charge < -0.3 is 24.2 Å². The van der Waals surface area contributed by atoms with Crippen LogP contribution in [0, 0.1) is 0 Å². The summed E-state index contributed by atoms with van der Waals surface area (Å²) >= 11 is 0. The number of nitrogens with one attached hydrogen (secondary N) is 1. The van der Waals surface area contributed by atoms with Crippen LogP contribution in [0.3, 0.4) is 0 Å². The first-order valence-electron chi connectivity index (χ1n) is 9.61. The number of rotatable bonds is 3. The Bertz CT molecular complexity index is 995. The molecule has 0 aromatic heterocycles. The fourth-order valence-corrected chi connectivity index (χ4v) is 3.61. The highest BCUT2D eigenvalue weighted by Crippen LogP contribution is 2.25. The normalized spacial score (nSPS) is 20.0. The topological polar surface area (TPSA) is 124 Å². The molecule has 10 heteroatoms. The first kappa shape index (κ1) is 20.6. The third-order valence-electron chi connectivity index (χ3n) is 5.04. The van der Waals surface area contributed by atoms with Crippen LogP contribution >= 0.6 is 0 Å². The minimum atomic E-state index is -1.55. The Morgan fingerprint density at radius 1 is 0.871 bits per heavy atom. The number of benzene rings is 2. The third kappa shape index (κ3) is 5.11. The lowest BCUT2D eigenvalue weighted by molar-refractivity contribution is -0.220. The van der Waals surface area contributed by atoms with E-state index in [0.717, 1.165) is 27.3 Å². The van der Waals surface area contributed by atoms with Gasteiger partial charge in [-0.05, 0) is 22.3 Å². The number of ether oxygens (including phenoxy) is 3. The molecular formula is C21H20N2O8. The van der Waals surface area contributed by atoms with Gasteiger partial charge in [0, 0.05) is 19.4 Å². The number of hydroxylamine groups is 2. The van der Waals surface area contributed by atoms with E-state index in [1.165, 1.54) is 0 Å². The maximum Gasteiger partial charge on any atom is 0.525 e. The maximum absolute atomic E-state index is 12.1. The van der Waals surface area contributed by atoms with E-state index in [1.54, 1.807) is 6.07 Å². The van der Waals surface area contributed by atoms with Gasteiger partial charge in [-0.15, -0.1) is 0 Å². The van der Waals surface area contributed by atoms with Crippen LogP contribution in [-0.4, -0.2) is 41.1 Å². The van der Waals surface area contributed by atoms with Gasteiger partial charge in [0.1, 0.15) is 0 Å². The molecule has 0 saturated heterocycles. The summed E-state index contributed by atoms with van der Waals surface area (Å²) in [4.78, 5) is 39.8. The van der Waals surface area contributed by atoms with Crippen molar-refractivity contribution < 1.29 is 38.5 Å². The predicted octanol–water partition coefficient (Wildman–Crippen LogP) is 2.94. The molecule has 0 fully saturated rings. The molecule has 2 N–H and O–H groups in total. The zero-order valence-electron chi connectivity index (χ0n) is 16.4. The average molecular weight is 428 g/mol. The minimum Gasteiger partial charge on any atom is -0.448 e. The monoisotopic (exact) mass is 428 g/mol. The third-order valence-corrected chi connectivity index (χ3v) is 5.04. The van der Waals surface area contributed by atoms with E-state index in [4.69, 9.17) is 19.4 Å². The molecule has 0 radical (unpaired) electrons. The van der Waals surface area contributed by atoms with Crippen molar-refractivity contribution in [3.8, 4) is 0 Å². The molecule has 2 aromatic carbocycles. The second-order valence-electron chi connectivity index (χ2n) is 7.04. The van der Waals surface area contributed by atoms with Gasteiger partial charge in [0.15, 0.2) is 12.5 Å². The molecule has 2 aromatic rings. The van der Waals surface area contributed by atoms with Crippen LogP contribution in [0.4, 0.5) is 14.4 Å². The Labute approximate surface area is 177 Å². The zero-order valence-corrected chi connectivity index (χ0v) is 16.4. The SMILES string of the molecule is O=C(O)ON1Cc2ccccc2C[C@@H]1OC(=O)OC(=O)O[C@H]1Cc2ccccc2CN1. The molecule has 0 spiro atoms. The molecule has 2 heterocycles. The van der Waals surface area contributed by atoms with Gasteiger partial charge in [-0.3, -0.25) is 5.32 Å². The van der Waals surface area contributed by atoms with E-state index in [1.807, 2.05) is 42.5 Å². The number of hydrogen-bond acceptors (Lipinski definition) is 9. The van der Waals surface area contributed by atoms with Crippen LogP contribution in [0.15, 0.2) is 48.5 Å². The summed E-state index contributed by atoms with van der Waals surface area (Å²) in [6.45, 7) is 0.595. The van der Waals surface area contributed by atoms with E-state index in [0.29, 0.717) is 13.0 Å². The molecule has 162 valence electrons. The second-order valence-corrected chi connectivity index (χ2v) is 7.04. The van der Waals surface area contributed by atoms with Crippen molar-refractivity contribution in [3.05, 3.63) is 70.8 Å². The standard InChI is InChI=1S/C21H20N2O8/c24-19(25)31-23-12-16-8-4-2-6-14(16)10-18(23)29-21(27)30-20(26)28-17-9-13-5-1-3-7-15(13)11-22-17/h1-8,17-18,22H,9-12H2,(H,24,25)/t17-,18-/m0/s1. The zero-order chi connectivity index (χ0) is 21.8. The van der Waals surface area contributed by atoms with Crippen LogP contribution in [0.25, 0.3) is 0 Å². The van der Waals surface area contributed by atoms with Crippen molar-refractivity contribution >= 4 is 18.5 Å². The van der Waals surface area contributed by atoms with Gasteiger partial charge in [0.05, 0.1) is 6.54 Å². The van der Waals surface area contributed by atoms with Crippen molar-refractivity contribution in [2.75, 3.05) is 0 Å². The summed E-state index contributed by atoms with van der Waals surface area (Å²) in [7, 11) is 0. The molecule has 2 aliphatic heterocycles. The number of carbonyl (C=O) groups excluding carboxylic acids is 2. The number of carboxylic acid groups (broad SMARTS) is 1. The van der Waals surface area contributed by atoms with Gasteiger partial charge in [-0.25, -0.2) is 14.4 Å². The van der Waals surface area contributed by atoms with Gasteiger partial charge in [0.2, 0.25) is 0 Å². The van der Waals surface area contributed by atoms with Gasteiger partial charge in [-0.2, -0.15) is 0 Å². The van der Waals surface area contributed by atoms with Crippen LogP contribution < -0.4 is 5.32 Å². The summed E-state index contributed by atoms with van der Waals surface area (Å²) in [5.74, 6) is 0. The Kier molecular flexibility index (Phi) is 6.01. The number of carbonyl (C=O) groups is 3. The summed E-state index contributed by atoms with van der Waals surface area (Å²) in [6.07, 6.45) is -5.23. The quantitative estimate of drug-likeness (QED) is 0.557. The first-order chi connectivity index (χ1) is 15.0. The number of hydrogen-bond donors (Lipinski definition) is 2. The molecule has 4 rings (SSSR count). The van der Waals surface area contributed by atoms with Crippen LogP contribution in [0.1, 0.15) is 22.3 Å². The van der Waals surface area contributed by atoms with Crippen molar-refractivity contribution in [2.45, 2.75) is 38.4 Å². The Morgan fingerprint density at radius 3 is 2.19 bits per heavy atom. The van der Waals surface area contributed by atoms with Crippen molar-refractivity contribution in [3.63, 3.8) is 0 Å². The van der Waals surface area contributed by atoms with Crippen LogP contribution in [0.2, 0.25) is 0 Å². The second kappa shape index (κ2) is 9.02. The highest BCUT2D eigenvalue weighted by Gasteiger charge is 2.33. The maximum atomic E-state index is 12.1. The highest BCUT2D eigenvalue weighted by molar-refractivity contribution is 5.77. The lowest BCUT2D eigenvalue weighted by atomic mass is 10.00. The molecule has 2 atom stereocenters. The fourth-order valence-electron chi connectivity index (χ4n) is 3.61. The van der Waals surface area contributed by atoms with Gasteiger partial charge >= 0.3 is 18.5 Å². The summed E-state index contributed by atoms with van der Waals surface area (Å²) in [5.41, 5.74) is 3.83. The lowest BCUT2D eigenvalue weighted by Gasteiger charge is -2.32. The molecule has 0 aliphatic carbocycles. The van der Waals surface area contributed by atoms with E-state index in [2.05, 4.69) is 10.1 Å².